The van der Waals surface area contributed by atoms with Gasteiger partial charge in [-0.3, -0.25) is 4.79 Å². The highest BCUT2D eigenvalue weighted by Crippen LogP contribution is 2.34. The number of aromatic nitrogens is 1. The second-order valence-corrected chi connectivity index (χ2v) is 6.89. The fourth-order valence-corrected chi connectivity index (χ4v) is 3.40. The number of methoxy groups -OCH3 is 2. The summed E-state index contributed by atoms with van der Waals surface area (Å²) in [5.41, 5.74) is 3.77. The highest BCUT2D eigenvalue weighted by Gasteiger charge is 2.24. The predicted molar refractivity (Wildman–Crippen MR) is 116 cm³/mol. The van der Waals surface area contributed by atoms with Gasteiger partial charge in [0.2, 0.25) is 0 Å². The average molecular weight is 406 g/mol. The number of carbonyl (C=O) groups is 1. The first-order valence-electron chi connectivity index (χ1n) is 9.64. The number of anilines is 1. The molecule has 1 heterocycles. The van der Waals surface area contributed by atoms with E-state index in [0.29, 0.717) is 35.8 Å². The van der Waals surface area contributed by atoms with E-state index >= 15 is 0 Å². The molecular formula is C24H26N2O4. The lowest BCUT2D eigenvalue weighted by atomic mass is 10.0. The Morgan fingerprint density at radius 1 is 1.17 bits per heavy atom. The van der Waals surface area contributed by atoms with E-state index in [1.165, 1.54) is 0 Å². The van der Waals surface area contributed by atoms with Crippen LogP contribution in [0, 0.1) is 13.8 Å². The minimum absolute atomic E-state index is 0.160. The number of ether oxygens (including phenoxy) is 2. The predicted octanol–water partition coefficient (Wildman–Crippen LogP) is 4.88. The van der Waals surface area contributed by atoms with Crippen LogP contribution < -0.4 is 14.4 Å². The van der Waals surface area contributed by atoms with Crippen LogP contribution in [0.2, 0.25) is 0 Å². The van der Waals surface area contributed by atoms with E-state index in [1.807, 2.05) is 50.2 Å². The van der Waals surface area contributed by atoms with Gasteiger partial charge in [-0.25, -0.2) is 0 Å². The van der Waals surface area contributed by atoms with E-state index < -0.39 is 0 Å². The molecule has 0 saturated heterocycles. The molecule has 0 radical (unpaired) electrons. The Bertz CT molecular complexity index is 1020. The summed E-state index contributed by atoms with van der Waals surface area (Å²) in [4.78, 5) is 15.4. The lowest BCUT2D eigenvalue weighted by Gasteiger charge is -2.24. The van der Waals surface area contributed by atoms with Gasteiger partial charge in [0.15, 0.2) is 11.5 Å². The Kier molecular flexibility index (Phi) is 6.57. The summed E-state index contributed by atoms with van der Waals surface area (Å²) in [6.45, 7) is 7.87. The Labute approximate surface area is 176 Å². The highest BCUT2D eigenvalue weighted by molar-refractivity contribution is 6.06. The lowest BCUT2D eigenvalue weighted by molar-refractivity contribution is 0.0984. The largest absolute Gasteiger partial charge is 0.493 e. The van der Waals surface area contributed by atoms with E-state index in [-0.39, 0.29) is 5.91 Å². The number of para-hydroxylation sites is 1. The first kappa shape index (κ1) is 21.2. The maximum atomic E-state index is 13.7. The SMILES string of the molecule is C=CCc1cc(C(=O)N(Cc2c(C)noc2C)c2ccccc2)cc(OC)c1OC. The van der Waals surface area contributed by atoms with E-state index in [1.54, 1.807) is 31.3 Å². The summed E-state index contributed by atoms with van der Waals surface area (Å²) in [6.07, 6.45) is 2.32. The van der Waals surface area contributed by atoms with Gasteiger partial charge in [-0.15, -0.1) is 6.58 Å². The number of allylic oxidation sites excluding steroid dienone is 1. The van der Waals surface area contributed by atoms with E-state index in [2.05, 4.69) is 11.7 Å². The van der Waals surface area contributed by atoms with Crippen LogP contribution >= 0.6 is 0 Å². The molecule has 30 heavy (non-hydrogen) atoms. The Hall–Kier alpha value is -3.54. The van der Waals surface area contributed by atoms with Crippen molar-refractivity contribution in [2.75, 3.05) is 19.1 Å². The van der Waals surface area contributed by atoms with Crippen LogP contribution in [0.25, 0.3) is 0 Å². The van der Waals surface area contributed by atoms with Crippen LogP contribution in [-0.4, -0.2) is 25.3 Å². The molecule has 0 aliphatic rings. The van der Waals surface area contributed by atoms with Gasteiger partial charge in [-0.05, 0) is 44.5 Å². The molecule has 1 aromatic heterocycles. The van der Waals surface area contributed by atoms with E-state index in [0.717, 1.165) is 22.5 Å². The van der Waals surface area contributed by atoms with Crippen molar-refractivity contribution in [2.24, 2.45) is 0 Å². The van der Waals surface area contributed by atoms with Gasteiger partial charge in [0, 0.05) is 22.4 Å². The third-order valence-corrected chi connectivity index (χ3v) is 4.98. The minimum Gasteiger partial charge on any atom is -0.493 e. The second kappa shape index (κ2) is 9.31. The Balaban J connectivity index is 2.09. The zero-order valence-corrected chi connectivity index (χ0v) is 17.8. The van der Waals surface area contributed by atoms with Crippen LogP contribution in [0.1, 0.15) is 32.9 Å². The van der Waals surface area contributed by atoms with Crippen LogP contribution in [0.4, 0.5) is 5.69 Å². The zero-order chi connectivity index (χ0) is 21.7. The van der Waals surface area contributed by atoms with Crippen LogP contribution in [0.15, 0.2) is 59.6 Å². The van der Waals surface area contributed by atoms with Crippen molar-refractivity contribution in [1.29, 1.82) is 0 Å². The molecule has 0 aliphatic carbocycles. The quantitative estimate of drug-likeness (QED) is 0.499. The lowest BCUT2D eigenvalue weighted by Crippen LogP contribution is -2.31. The van der Waals surface area contributed by atoms with Crippen LogP contribution in [-0.2, 0) is 13.0 Å². The molecule has 3 rings (SSSR count). The number of amides is 1. The van der Waals surface area contributed by atoms with Gasteiger partial charge in [0.1, 0.15) is 5.76 Å². The number of rotatable bonds is 8. The molecule has 0 N–H and O–H groups in total. The number of carbonyl (C=O) groups excluding carboxylic acids is 1. The molecule has 3 aromatic rings. The molecule has 0 bridgehead atoms. The third kappa shape index (κ3) is 4.22. The fraction of sp³-hybridized carbons (Fsp3) is 0.250. The molecule has 1 amide bonds. The van der Waals surface area contributed by atoms with Gasteiger partial charge in [0.25, 0.3) is 5.91 Å². The number of benzene rings is 2. The summed E-state index contributed by atoms with van der Waals surface area (Å²) in [6, 6.07) is 13.1. The topological polar surface area (TPSA) is 64.8 Å². The Morgan fingerprint density at radius 2 is 1.90 bits per heavy atom. The monoisotopic (exact) mass is 406 g/mol. The van der Waals surface area contributed by atoms with Crippen LogP contribution in [0.5, 0.6) is 11.5 Å². The number of aryl methyl sites for hydroxylation is 2. The molecule has 0 fully saturated rings. The molecular weight excluding hydrogens is 380 g/mol. The van der Waals surface area contributed by atoms with Crippen molar-refractivity contribution >= 4 is 11.6 Å². The molecule has 0 saturated carbocycles. The maximum absolute atomic E-state index is 13.7. The first-order valence-corrected chi connectivity index (χ1v) is 9.64. The van der Waals surface area contributed by atoms with Crippen molar-refractivity contribution in [3.8, 4) is 11.5 Å². The van der Waals surface area contributed by atoms with Gasteiger partial charge in [-0.1, -0.05) is 29.4 Å². The zero-order valence-electron chi connectivity index (χ0n) is 17.8. The van der Waals surface area contributed by atoms with Gasteiger partial charge in [0.05, 0.1) is 26.5 Å². The molecule has 156 valence electrons. The average Bonchev–Trinajstić information content (AvgIpc) is 3.09. The van der Waals surface area contributed by atoms with E-state index in [4.69, 9.17) is 14.0 Å². The standard InChI is InChI=1S/C24H26N2O4/c1-6-10-18-13-19(14-22(28-4)23(18)29-5)24(27)26(20-11-8-7-9-12-20)15-21-16(2)25-30-17(21)3/h6-9,11-14H,1,10,15H2,2-5H3. The second-order valence-electron chi connectivity index (χ2n) is 6.89. The van der Waals surface area contributed by atoms with Gasteiger partial charge >= 0.3 is 0 Å². The third-order valence-electron chi connectivity index (χ3n) is 4.98. The summed E-state index contributed by atoms with van der Waals surface area (Å²) < 4.78 is 16.3. The van der Waals surface area contributed by atoms with E-state index in [9.17, 15) is 4.79 Å². The van der Waals surface area contributed by atoms with Gasteiger partial charge < -0.3 is 18.9 Å². The number of nitrogens with zero attached hydrogens (tertiary/aromatic N) is 2. The highest BCUT2D eigenvalue weighted by atomic mass is 16.5. The van der Waals surface area contributed by atoms with Crippen molar-refractivity contribution in [2.45, 2.75) is 26.8 Å². The molecule has 0 unspecified atom stereocenters. The molecule has 0 atom stereocenters. The van der Waals surface area contributed by atoms with Crippen molar-refractivity contribution in [1.82, 2.24) is 5.16 Å². The van der Waals surface area contributed by atoms with Gasteiger partial charge in [-0.2, -0.15) is 0 Å². The summed E-state index contributed by atoms with van der Waals surface area (Å²) in [5.74, 6) is 1.64. The van der Waals surface area contributed by atoms with Crippen molar-refractivity contribution < 1.29 is 18.8 Å². The Morgan fingerprint density at radius 3 is 2.47 bits per heavy atom. The van der Waals surface area contributed by atoms with Crippen molar-refractivity contribution in [3.05, 3.63) is 83.3 Å². The minimum atomic E-state index is -0.160. The summed E-state index contributed by atoms with van der Waals surface area (Å²) >= 11 is 0. The smallest absolute Gasteiger partial charge is 0.258 e. The first-order chi connectivity index (χ1) is 14.5. The van der Waals surface area contributed by atoms with Crippen LogP contribution in [0.3, 0.4) is 0 Å². The fourth-order valence-electron chi connectivity index (χ4n) is 3.40. The molecule has 6 nitrogen and oxygen atoms in total. The van der Waals surface area contributed by atoms with Crippen molar-refractivity contribution in [3.63, 3.8) is 0 Å². The normalized spacial score (nSPS) is 10.5. The molecule has 6 heteroatoms. The summed E-state index contributed by atoms with van der Waals surface area (Å²) in [5, 5.41) is 4.02. The number of hydrogen-bond acceptors (Lipinski definition) is 5. The molecule has 2 aromatic carbocycles. The molecule has 0 aliphatic heterocycles. The number of hydrogen-bond donors (Lipinski definition) is 0. The molecule has 0 spiro atoms. The summed E-state index contributed by atoms with van der Waals surface area (Å²) in [7, 11) is 3.14. The maximum Gasteiger partial charge on any atom is 0.258 e.